The summed E-state index contributed by atoms with van der Waals surface area (Å²) in [6, 6.07) is 1.76. The maximum absolute atomic E-state index is 5.83. The van der Waals surface area contributed by atoms with Crippen molar-refractivity contribution in [2.45, 2.75) is 0 Å². The molecule has 0 aliphatic carbocycles. The number of nitrogens with one attached hydrogen (secondary N) is 1. The zero-order valence-electron chi connectivity index (χ0n) is 6.51. The van der Waals surface area contributed by atoms with Crippen LogP contribution < -0.4 is 0 Å². The minimum atomic E-state index is 0.460. The number of hydrogen-bond donors (Lipinski definition) is 1. The molecule has 0 fully saturated rings. The van der Waals surface area contributed by atoms with Gasteiger partial charge in [-0.3, -0.25) is 5.10 Å². The molecule has 0 spiro atoms. The van der Waals surface area contributed by atoms with Gasteiger partial charge in [0.05, 0.1) is 5.52 Å². The van der Waals surface area contributed by atoms with Crippen LogP contribution in [0.1, 0.15) is 5.56 Å². The van der Waals surface area contributed by atoms with Crippen molar-refractivity contribution in [3.8, 4) is 0 Å². The highest BCUT2D eigenvalue weighted by Gasteiger charge is 2.08. The topological polar surface area (TPSA) is 41.6 Å². The predicted molar refractivity (Wildman–Crippen MR) is 61.7 cm³/mol. The molecule has 0 radical (unpaired) electrons. The quantitative estimate of drug-likeness (QED) is 0.650. The summed E-state index contributed by atoms with van der Waals surface area (Å²) in [5.74, 6) is 0. The van der Waals surface area contributed by atoms with Crippen LogP contribution in [0, 0.1) is 3.70 Å². The molecule has 5 heteroatoms. The van der Waals surface area contributed by atoms with Gasteiger partial charge in [-0.15, -0.1) is 0 Å². The number of fused-ring (bicyclic) bond motifs is 1. The molecule has 0 unspecified atom stereocenters. The normalized spacial score (nSPS) is 10.6. The molecule has 0 amide bonds. The van der Waals surface area contributed by atoms with Crippen molar-refractivity contribution in [2.24, 2.45) is 0 Å². The lowest BCUT2D eigenvalue weighted by molar-refractivity contribution is 1.09. The molecule has 3 nitrogen and oxygen atoms in total. The third kappa shape index (κ3) is 1.44. The average molecular weight is 306 g/mol. The van der Waals surface area contributed by atoms with Crippen LogP contribution in [0.4, 0.5) is 0 Å². The van der Waals surface area contributed by atoms with Crippen molar-refractivity contribution in [1.29, 1.82) is 0 Å². The molecule has 1 N–H and O–H groups in total. The number of halogens is 2. The maximum Gasteiger partial charge on any atom is 0.149 e. The summed E-state index contributed by atoms with van der Waals surface area (Å²) in [4.78, 5) is 4.16. The first-order valence-electron chi connectivity index (χ1n) is 3.55. The molecular weight excluding hydrogens is 300 g/mol. The van der Waals surface area contributed by atoms with Crippen LogP contribution in [0.15, 0.2) is 12.6 Å². The molecule has 2 heterocycles. The zero-order chi connectivity index (χ0) is 9.42. The molecule has 13 heavy (non-hydrogen) atoms. The molecule has 0 aliphatic rings. The lowest BCUT2D eigenvalue weighted by Crippen LogP contribution is -1.82. The van der Waals surface area contributed by atoms with Gasteiger partial charge in [0.15, 0.2) is 0 Å². The third-order valence-corrected chi connectivity index (χ3v) is 2.65. The number of H-pyrrole nitrogens is 1. The summed E-state index contributed by atoms with van der Waals surface area (Å²) < 4.78 is 0.818. The van der Waals surface area contributed by atoms with Gasteiger partial charge in [-0.2, -0.15) is 5.10 Å². The van der Waals surface area contributed by atoms with E-state index in [9.17, 15) is 0 Å². The molecule has 0 bridgehead atoms. The fraction of sp³-hybridized carbons (Fsp3) is 0. The van der Waals surface area contributed by atoms with Crippen molar-refractivity contribution in [3.05, 3.63) is 27.1 Å². The highest BCUT2D eigenvalue weighted by atomic mass is 127. The van der Waals surface area contributed by atoms with E-state index in [1.165, 1.54) is 0 Å². The van der Waals surface area contributed by atoms with Crippen LogP contribution >= 0.6 is 34.2 Å². The fourth-order valence-electron chi connectivity index (χ4n) is 1.12. The lowest BCUT2D eigenvalue weighted by Gasteiger charge is -1.96. The van der Waals surface area contributed by atoms with Crippen LogP contribution in [-0.4, -0.2) is 15.2 Å². The second-order valence-electron chi connectivity index (χ2n) is 2.48. The average Bonchev–Trinajstić information content (AvgIpc) is 2.47. The summed E-state index contributed by atoms with van der Waals surface area (Å²) in [5.41, 5.74) is 2.59. The molecule has 66 valence electrons. The van der Waals surface area contributed by atoms with Gasteiger partial charge in [0.2, 0.25) is 0 Å². The largest absolute Gasteiger partial charge is 0.274 e. The van der Waals surface area contributed by atoms with Crippen molar-refractivity contribution >= 4 is 51.3 Å². The minimum Gasteiger partial charge on any atom is -0.274 e. The minimum absolute atomic E-state index is 0.460. The molecule has 2 aromatic rings. The Labute approximate surface area is 93.3 Å². The Morgan fingerprint density at radius 2 is 2.38 bits per heavy atom. The molecule has 0 aromatic carbocycles. The second kappa shape index (κ2) is 3.26. The molecule has 0 atom stereocenters. The predicted octanol–water partition coefficient (Wildman–Crippen LogP) is 2.86. The standard InChI is InChI=1S/C8H5ClIN3/c1-2-4-3-5(9)11-7-6(4)12-13-8(7)10/h2-3H,1H2,(H,12,13). The number of nitrogens with zero attached hydrogens (tertiary/aromatic N) is 2. The van der Waals surface area contributed by atoms with E-state index in [-0.39, 0.29) is 0 Å². The molecular formula is C8H5ClIN3. The Morgan fingerprint density at radius 3 is 3.08 bits per heavy atom. The summed E-state index contributed by atoms with van der Waals surface area (Å²) >= 11 is 7.93. The second-order valence-corrected chi connectivity index (χ2v) is 3.89. The van der Waals surface area contributed by atoms with Gasteiger partial charge >= 0.3 is 0 Å². The number of rotatable bonds is 1. The van der Waals surface area contributed by atoms with Crippen LogP contribution in [0.25, 0.3) is 17.1 Å². The summed E-state index contributed by atoms with van der Waals surface area (Å²) in [7, 11) is 0. The van der Waals surface area contributed by atoms with E-state index in [1.54, 1.807) is 12.1 Å². The first-order valence-corrected chi connectivity index (χ1v) is 5.00. The van der Waals surface area contributed by atoms with E-state index in [4.69, 9.17) is 11.6 Å². The van der Waals surface area contributed by atoms with Crippen molar-refractivity contribution in [3.63, 3.8) is 0 Å². The first kappa shape index (κ1) is 8.96. The lowest BCUT2D eigenvalue weighted by atomic mass is 10.2. The third-order valence-electron chi connectivity index (χ3n) is 1.70. The fourth-order valence-corrected chi connectivity index (χ4v) is 1.83. The van der Waals surface area contributed by atoms with E-state index in [0.717, 1.165) is 20.3 Å². The van der Waals surface area contributed by atoms with Crippen molar-refractivity contribution < 1.29 is 0 Å². The van der Waals surface area contributed by atoms with Crippen molar-refractivity contribution in [1.82, 2.24) is 15.2 Å². The summed E-state index contributed by atoms with van der Waals surface area (Å²) in [6.45, 7) is 3.69. The highest BCUT2D eigenvalue weighted by molar-refractivity contribution is 14.1. The summed E-state index contributed by atoms with van der Waals surface area (Å²) in [5, 5.41) is 7.38. The SMILES string of the molecule is C=Cc1cc(Cl)nc2c(I)n[nH]c12. The number of hydrogen-bond acceptors (Lipinski definition) is 2. The van der Waals surface area contributed by atoms with Crippen LogP contribution in [0.3, 0.4) is 0 Å². The van der Waals surface area contributed by atoms with E-state index in [2.05, 4.69) is 44.4 Å². The zero-order valence-corrected chi connectivity index (χ0v) is 9.43. The van der Waals surface area contributed by atoms with Gasteiger partial charge in [0.25, 0.3) is 0 Å². The van der Waals surface area contributed by atoms with E-state index in [0.29, 0.717) is 5.15 Å². The van der Waals surface area contributed by atoms with Crippen molar-refractivity contribution in [2.75, 3.05) is 0 Å². The van der Waals surface area contributed by atoms with E-state index >= 15 is 0 Å². The van der Waals surface area contributed by atoms with Crippen LogP contribution in [-0.2, 0) is 0 Å². The molecule has 0 saturated carbocycles. The van der Waals surface area contributed by atoms with Gasteiger partial charge in [0.1, 0.15) is 14.4 Å². The Morgan fingerprint density at radius 1 is 1.62 bits per heavy atom. The molecule has 2 aromatic heterocycles. The van der Waals surface area contributed by atoms with Gasteiger partial charge in [-0.05, 0) is 28.7 Å². The van der Waals surface area contributed by atoms with Gasteiger partial charge in [-0.25, -0.2) is 4.98 Å². The highest BCUT2D eigenvalue weighted by Crippen LogP contribution is 2.22. The van der Waals surface area contributed by atoms with Gasteiger partial charge in [-0.1, -0.05) is 24.3 Å². The Kier molecular flexibility index (Phi) is 2.25. The monoisotopic (exact) mass is 305 g/mol. The Bertz CT molecular complexity index is 477. The number of aromatic amines is 1. The molecule has 0 saturated heterocycles. The first-order chi connectivity index (χ1) is 6.22. The molecule has 0 aliphatic heterocycles. The van der Waals surface area contributed by atoms with Gasteiger partial charge in [0, 0.05) is 5.56 Å². The van der Waals surface area contributed by atoms with E-state index < -0.39 is 0 Å². The summed E-state index contributed by atoms with van der Waals surface area (Å²) in [6.07, 6.45) is 1.73. The van der Waals surface area contributed by atoms with Gasteiger partial charge < -0.3 is 0 Å². The maximum atomic E-state index is 5.83. The number of pyridine rings is 1. The Hall–Kier alpha value is -0.620. The molecule has 2 rings (SSSR count). The van der Waals surface area contributed by atoms with Crippen LogP contribution in [0.2, 0.25) is 5.15 Å². The smallest absolute Gasteiger partial charge is 0.149 e. The van der Waals surface area contributed by atoms with E-state index in [1.807, 2.05) is 0 Å². The Balaban J connectivity index is 2.91. The number of aromatic nitrogens is 3. The van der Waals surface area contributed by atoms with Crippen LogP contribution in [0.5, 0.6) is 0 Å².